The molecule has 1 aliphatic heterocycles. The molecule has 2 unspecified atom stereocenters. The molecule has 216 valence electrons. The number of aromatic nitrogens is 1. The lowest BCUT2D eigenvalue weighted by atomic mass is 9.85. The molecule has 13 heteroatoms. The first kappa shape index (κ1) is 29.3. The molecule has 4 amide bonds. The van der Waals surface area contributed by atoms with Gasteiger partial charge in [0, 0.05) is 17.3 Å². The fourth-order valence-electron chi connectivity index (χ4n) is 6.30. The number of piperidine rings is 1. The third-order valence-electron chi connectivity index (χ3n) is 8.60. The smallest absolute Gasteiger partial charge is 0.368 e. The van der Waals surface area contributed by atoms with E-state index in [-0.39, 0.29) is 36.1 Å². The molecule has 2 fully saturated rings. The van der Waals surface area contributed by atoms with E-state index in [1.807, 2.05) is 19.2 Å². The maximum Gasteiger partial charge on any atom is 0.471 e. The van der Waals surface area contributed by atoms with Crippen molar-refractivity contribution < 1.29 is 32.3 Å². The molecule has 0 spiro atoms. The van der Waals surface area contributed by atoms with Gasteiger partial charge in [-0.25, -0.2) is 4.98 Å². The molecule has 0 bridgehead atoms. The summed E-state index contributed by atoms with van der Waals surface area (Å²) in [5.74, 6) is -4.60. The third-order valence-corrected chi connectivity index (χ3v) is 9.51. The minimum Gasteiger partial charge on any atom is -0.368 e. The number of hydrogen-bond donors (Lipinski definition) is 3. The van der Waals surface area contributed by atoms with Gasteiger partial charge in [-0.3, -0.25) is 19.2 Å². The normalized spacial score (nSPS) is 27.1. The summed E-state index contributed by atoms with van der Waals surface area (Å²) in [7, 11) is 0. The monoisotopic (exact) mass is 571 g/mol. The number of aryl methyl sites for hydroxylation is 1. The Hall–Kier alpha value is -2.70. The highest BCUT2D eigenvalue weighted by Crippen LogP contribution is 2.65. The van der Waals surface area contributed by atoms with Crippen LogP contribution in [0.1, 0.15) is 70.4 Å². The summed E-state index contributed by atoms with van der Waals surface area (Å²) >= 11 is 1.56. The van der Waals surface area contributed by atoms with Crippen molar-refractivity contribution in [1.82, 2.24) is 20.5 Å². The molecular formula is C26H36F3N5O4S. The number of fused-ring (bicyclic) bond motifs is 2. The van der Waals surface area contributed by atoms with Gasteiger partial charge >= 0.3 is 12.1 Å². The Bertz CT molecular complexity index is 1160. The van der Waals surface area contributed by atoms with Gasteiger partial charge in [0.2, 0.25) is 17.7 Å². The molecule has 2 heterocycles. The Kier molecular flexibility index (Phi) is 7.54. The summed E-state index contributed by atoms with van der Waals surface area (Å²) in [5.41, 5.74) is 7.03. The number of carbonyl (C=O) groups is 4. The van der Waals surface area contributed by atoms with E-state index in [9.17, 15) is 32.3 Å². The average Bonchev–Trinajstić information content (AvgIpc) is 3.24. The highest BCUT2D eigenvalue weighted by atomic mass is 32.1. The van der Waals surface area contributed by atoms with Crippen molar-refractivity contribution in [3.8, 4) is 0 Å². The van der Waals surface area contributed by atoms with Crippen molar-refractivity contribution in [1.29, 1.82) is 0 Å². The predicted molar refractivity (Wildman–Crippen MR) is 137 cm³/mol. The van der Waals surface area contributed by atoms with Crippen LogP contribution in [0.4, 0.5) is 13.2 Å². The zero-order chi connectivity index (χ0) is 29.1. The summed E-state index contributed by atoms with van der Waals surface area (Å²) in [6.45, 7) is 8.73. The molecule has 6 atom stereocenters. The SMILES string of the molecule is CC(C)(C)[C@H](NC(=O)C(F)(F)F)C(=O)N1C[C@H]2[C@@H]([C@H]1C(=O)NC(CC1CCCc3scnc31)C(N)=O)C2(C)C. The average molecular weight is 572 g/mol. The van der Waals surface area contributed by atoms with Crippen LogP contribution in [0.3, 0.4) is 0 Å². The number of likely N-dealkylation sites (tertiary alicyclic amines) is 1. The largest absolute Gasteiger partial charge is 0.471 e. The minimum absolute atomic E-state index is 0.0425. The van der Waals surface area contributed by atoms with E-state index in [0.717, 1.165) is 29.8 Å². The highest BCUT2D eigenvalue weighted by Gasteiger charge is 2.70. The Morgan fingerprint density at radius 2 is 1.87 bits per heavy atom. The molecule has 39 heavy (non-hydrogen) atoms. The zero-order valence-corrected chi connectivity index (χ0v) is 23.5. The molecule has 0 aromatic carbocycles. The molecular weight excluding hydrogens is 535 g/mol. The lowest BCUT2D eigenvalue weighted by Crippen LogP contribution is -2.61. The van der Waals surface area contributed by atoms with Gasteiger partial charge in [-0.05, 0) is 48.3 Å². The van der Waals surface area contributed by atoms with Crippen molar-refractivity contribution in [2.24, 2.45) is 28.4 Å². The van der Waals surface area contributed by atoms with E-state index < -0.39 is 53.3 Å². The second-order valence-electron chi connectivity index (χ2n) is 12.6. The summed E-state index contributed by atoms with van der Waals surface area (Å²) in [6, 6.07) is -3.52. The number of halogens is 3. The number of nitrogens with two attached hydrogens (primary N) is 1. The van der Waals surface area contributed by atoms with Crippen LogP contribution < -0.4 is 16.4 Å². The number of carbonyl (C=O) groups excluding carboxylic acids is 4. The Morgan fingerprint density at radius 1 is 1.21 bits per heavy atom. The molecule has 1 aromatic heterocycles. The van der Waals surface area contributed by atoms with Crippen LogP contribution in [-0.2, 0) is 25.6 Å². The lowest BCUT2D eigenvalue weighted by molar-refractivity contribution is -0.176. The number of rotatable bonds is 7. The topological polar surface area (TPSA) is 134 Å². The standard InChI is InChI=1S/C26H36F3N5O4S/c1-24(2,3)19(33-23(38)26(27,28)29)22(37)34-10-13-16(25(13,4)5)18(34)21(36)32-14(20(30)35)9-12-7-6-8-15-17(12)31-11-39-15/h11-14,16,18-19H,6-10H2,1-5H3,(H2,30,35)(H,32,36)(H,33,38)/t12?,13-,14?,16-,18-,19+/m0/s1. The Balaban J connectivity index is 1.55. The number of primary amides is 1. The first-order chi connectivity index (χ1) is 17.9. The molecule has 1 saturated carbocycles. The Morgan fingerprint density at radius 3 is 2.46 bits per heavy atom. The number of nitrogens with zero attached hydrogens (tertiary/aromatic N) is 2. The van der Waals surface area contributed by atoms with Crippen molar-refractivity contribution in [3.63, 3.8) is 0 Å². The molecule has 4 rings (SSSR count). The Labute approximate surface area is 229 Å². The zero-order valence-electron chi connectivity index (χ0n) is 22.7. The van der Waals surface area contributed by atoms with Crippen molar-refractivity contribution in [3.05, 3.63) is 16.1 Å². The minimum atomic E-state index is -5.17. The fourth-order valence-corrected chi connectivity index (χ4v) is 7.20. The number of hydrogen-bond acceptors (Lipinski definition) is 6. The van der Waals surface area contributed by atoms with E-state index in [4.69, 9.17) is 5.73 Å². The first-order valence-electron chi connectivity index (χ1n) is 13.1. The van der Waals surface area contributed by atoms with Crippen LogP contribution in [0.15, 0.2) is 5.51 Å². The summed E-state index contributed by atoms with van der Waals surface area (Å²) in [6.07, 6.45) is -2.25. The van der Waals surface area contributed by atoms with Gasteiger partial charge in [-0.15, -0.1) is 11.3 Å². The molecule has 9 nitrogen and oxygen atoms in total. The number of thiazole rings is 1. The van der Waals surface area contributed by atoms with E-state index in [1.54, 1.807) is 37.6 Å². The van der Waals surface area contributed by atoms with Crippen LogP contribution in [0.2, 0.25) is 0 Å². The van der Waals surface area contributed by atoms with Gasteiger partial charge in [0.05, 0.1) is 11.2 Å². The van der Waals surface area contributed by atoms with Crippen LogP contribution >= 0.6 is 11.3 Å². The maximum absolute atomic E-state index is 13.7. The summed E-state index contributed by atoms with van der Waals surface area (Å²) < 4.78 is 39.1. The van der Waals surface area contributed by atoms with E-state index >= 15 is 0 Å². The number of nitrogens with one attached hydrogen (secondary N) is 2. The van der Waals surface area contributed by atoms with Gasteiger partial charge in [0.25, 0.3) is 0 Å². The van der Waals surface area contributed by atoms with Crippen molar-refractivity contribution in [2.45, 2.75) is 90.5 Å². The molecule has 4 N–H and O–H groups in total. The van der Waals surface area contributed by atoms with Gasteiger partial charge in [0.1, 0.15) is 18.1 Å². The maximum atomic E-state index is 13.7. The van der Waals surface area contributed by atoms with E-state index in [0.29, 0.717) is 0 Å². The second-order valence-corrected chi connectivity index (χ2v) is 13.5. The predicted octanol–water partition coefficient (Wildman–Crippen LogP) is 2.50. The quantitative estimate of drug-likeness (QED) is 0.462. The van der Waals surface area contributed by atoms with Gasteiger partial charge in [-0.2, -0.15) is 13.2 Å². The summed E-state index contributed by atoms with van der Waals surface area (Å²) in [4.78, 5) is 58.4. The summed E-state index contributed by atoms with van der Waals surface area (Å²) in [5, 5.41) is 4.59. The third kappa shape index (κ3) is 5.64. The van der Waals surface area contributed by atoms with Crippen molar-refractivity contribution >= 4 is 35.0 Å². The van der Waals surface area contributed by atoms with E-state index in [2.05, 4.69) is 10.3 Å². The first-order valence-corrected chi connectivity index (χ1v) is 14.0. The van der Waals surface area contributed by atoms with Crippen LogP contribution in [0, 0.1) is 22.7 Å². The molecule has 0 radical (unpaired) electrons. The highest BCUT2D eigenvalue weighted by molar-refractivity contribution is 7.09. The van der Waals surface area contributed by atoms with Crippen molar-refractivity contribution in [2.75, 3.05) is 6.54 Å². The molecule has 2 aliphatic carbocycles. The van der Waals surface area contributed by atoms with Gasteiger partial charge in [0.15, 0.2) is 0 Å². The van der Waals surface area contributed by atoms with Gasteiger partial charge < -0.3 is 21.3 Å². The van der Waals surface area contributed by atoms with Gasteiger partial charge in [-0.1, -0.05) is 34.6 Å². The second kappa shape index (κ2) is 10.0. The van der Waals surface area contributed by atoms with Crippen LogP contribution in [0.5, 0.6) is 0 Å². The van der Waals surface area contributed by atoms with Crippen LogP contribution in [-0.4, -0.2) is 64.4 Å². The van der Waals surface area contributed by atoms with E-state index in [1.165, 1.54) is 4.90 Å². The molecule has 1 aromatic rings. The molecule has 3 aliphatic rings. The number of amides is 4. The fraction of sp³-hybridized carbons (Fsp3) is 0.731. The number of alkyl halides is 3. The van der Waals surface area contributed by atoms with Crippen LogP contribution in [0.25, 0.3) is 0 Å². The molecule has 1 saturated heterocycles. The lowest BCUT2D eigenvalue weighted by Gasteiger charge is -2.38.